The standard InChI is InChI=1S/C18H24O3/c1-5-17(4)10-11-18(12(2)3)20-15(16(17)21-18)13-6-8-14(19)9-7-13/h5-9,12,15-16,19H,1,10-11H2,2-4H3. The van der Waals surface area contributed by atoms with E-state index >= 15 is 0 Å². The van der Waals surface area contributed by atoms with Crippen molar-refractivity contribution in [2.24, 2.45) is 11.3 Å². The van der Waals surface area contributed by atoms with Crippen LogP contribution in [0.1, 0.15) is 45.3 Å². The Labute approximate surface area is 126 Å². The molecule has 3 rings (SSSR count). The molecule has 4 atom stereocenters. The zero-order valence-electron chi connectivity index (χ0n) is 13.0. The molecule has 3 heteroatoms. The van der Waals surface area contributed by atoms with Gasteiger partial charge in [0.2, 0.25) is 0 Å². The van der Waals surface area contributed by atoms with Gasteiger partial charge >= 0.3 is 0 Å². The number of benzene rings is 1. The van der Waals surface area contributed by atoms with Gasteiger partial charge in [-0.3, -0.25) is 0 Å². The Morgan fingerprint density at radius 1 is 1.24 bits per heavy atom. The lowest BCUT2D eigenvalue weighted by Crippen LogP contribution is -2.46. The highest BCUT2D eigenvalue weighted by atomic mass is 16.8. The van der Waals surface area contributed by atoms with Gasteiger partial charge < -0.3 is 14.6 Å². The molecule has 2 heterocycles. The Morgan fingerprint density at radius 3 is 2.48 bits per heavy atom. The van der Waals surface area contributed by atoms with Crippen LogP contribution in [-0.4, -0.2) is 17.0 Å². The molecule has 1 aromatic rings. The number of phenolic OH excluding ortho intramolecular Hbond substituents is 1. The van der Waals surface area contributed by atoms with Crippen LogP contribution in [0.15, 0.2) is 36.9 Å². The summed E-state index contributed by atoms with van der Waals surface area (Å²) in [6, 6.07) is 7.24. The fourth-order valence-electron chi connectivity index (χ4n) is 3.45. The summed E-state index contributed by atoms with van der Waals surface area (Å²) >= 11 is 0. The largest absolute Gasteiger partial charge is 0.508 e. The van der Waals surface area contributed by atoms with Gasteiger partial charge in [-0.2, -0.15) is 0 Å². The number of ether oxygens (including phenoxy) is 2. The van der Waals surface area contributed by atoms with Crippen molar-refractivity contribution >= 4 is 0 Å². The maximum absolute atomic E-state index is 9.49. The maximum Gasteiger partial charge on any atom is 0.172 e. The molecule has 2 aliphatic rings. The van der Waals surface area contributed by atoms with Crippen molar-refractivity contribution in [1.82, 2.24) is 0 Å². The molecular weight excluding hydrogens is 264 g/mol. The third-order valence-electron chi connectivity index (χ3n) is 5.16. The fourth-order valence-corrected chi connectivity index (χ4v) is 3.45. The van der Waals surface area contributed by atoms with E-state index in [-0.39, 0.29) is 23.4 Å². The maximum atomic E-state index is 9.49. The van der Waals surface area contributed by atoms with E-state index in [2.05, 4.69) is 27.4 Å². The van der Waals surface area contributed by atoms with Crippen LogP contribution < -0.4 is 0 Å². The SMILES string of the molecule is C=CC1(C)CCC2(C(C)C)OC(c3ccc(O)cc3)C1O2. The number of phenols is 1. The van der Waals surface area contributed by atoms with Gasteiger partial charge in [0.25, 0.3) is 0 Å². The highest BCUT2D eigenvalue weighted by molar-refractivity contribution is 5.30. The lowest BCUT2D eigenvalue weighted by Gasteiger charge is -2.42. The molecule has 0 aliphatic carbocycles. The smallest absolute Gasteiger partial charge is 0.172 e. The van der Waals surface area contributed by atoms with E-state index in [1.54, 1.807) is 12.1 Å². The lowest BCUT2D eigenvalue weighted by molar-refractivity contribution is -0.235. The average molecular weight is 288 g/mol. The highest BCUT2D eigenvalue weighted by Crippen LogP contribution is 2.56. The molecular formula is C18H24O3. The minimum atomic E-state index is -0.490. The summed E-state index contributed by atoms with van der Waals surface area (Å²) in [5.41, 5.74) is 0.965. The van der Waals surface area contributed by atoms with Crippen molar-refractivity contribution in [3.63, 3.8) is 0 Å². The van der Waals surface area contributed by atoms with E-state index < -0.39 is 5.79 Å². The van der Waals surface area contributed by atoms with E-state index in [0.717, 1.165) is 18.4 Å². The Hall–Kier alpha value is -1.32. The van der Waals surface area contributed by atoms with Crippen molar-refractivity contribution in [1.29, 1.82) is 0 Å². The minimum absolute atomic E-state index is 0.0318. The summed E-state index contributed by atoms with van der Waals surface area (Å²) in [6.45, 7) is 10.5. The van der Waals surface area contributed by atoms with Crippen LogP contribution >= 0.6 is 0 Å². The molecule has 0 spiro atoms. The van der Waals surface area contributed by atoms with Crippen LogP contribution in [0.4, 0.5) is 0 Å². The molecule has 1 aromatic carbocycles. The first-order chi connectivity index (χ1) is 9.90. The van der Waals surface area contributed by atoms with Crippen molar-refractivity contribution in [3.8, 4) is 5.75 Å². The van der Waals surface area contributed by atoms with E-state index in [9.17, 15) is 5.11 Å². The van der Waals surface area contributed by atoms with Gasteiger partial charge in [0.15, 0.2) is 5.79 Å². The summed E-state index contributed by atoms with van der Waals surface area (Å²) < 4.78 is 12.8. The van der Waals surface area contributed by atoms with Crippen LogP contribution in [0, 0.1) is 11.3 Å². The highest BCUT2D eigenvalue weighted by Gasteiger charge is 2.59. The van der Waals surface area contributed by atoms with Gasteiger partial charge in [-0.15, -0.1) is 6.58 Å². The summed E-state index contributed by atoms with van der Waals surface area (Å²) in [6.07, 6.45) is 3.77. The summed E-state index contributed by atoms with van der Waals surface area (Å²) in [7, 11) is 0. The van der Waals surface area contributed by atoms with Crippen molar-refractivity contribution < 1.29 is 14.6 Å². The summed E-state index contributed by atoms with van der Waals surface area (Å²) in [4.78, 5) is 0. The lowest BCUT2D eigenvalue weighted by atomic mass is 9.74. The number of aromatic hydroxyl groups is 1. The first-order valence-corrected chi connectivity index (χ1v) is 7.68. The van der Waals surface area contributed by atoms with Gasteiger partial charge in [-0.1, -0.05) is 39.0 Å². The van der Waals surface area contributed by atoms with E-state index in [4.69, 9.17) is 9.47 Å². The molecule has 1 N–H and O–H groups in total. The molecule has 0 radical (unpaired) electrons. The van der Waals surface area contributed by atoms with Crippen molar-refractivity contribution in [2.75, 3.05) is 0 Å². The molecule has 0 aromatic heterocycles. The molecule has 2 saturated heterocycles. The van der Waals surface area contributed by atoms with E-state index in [1.165, 1.54) is 0 Å². The zero-order valence-corrected chi connectivity index (χ0v) is 13.0. The Bertz CT molecular complexity index is 536. The third kappa shape index (κ3) is 2.19. The molecule has 0 saturated carbocycles. The van der Waals surface area contributed by atoms with Crippen LogP contribution in [0.3, 0.4) is 0 Å². The molecule has 114 valence electrons. The monoisotopic (exact) mass is 288 g/mol. The van der Waals surface area contributed by atoms with Crippen LogP contribution in [-0.2, 0) is 9.47 Å². The first kappa shape index (κ1) is 14.6. The third-order valence-corrected chi connectivity index (χ3v) is 5.16. The molecule has 2 bridgehead atoms. The number of rotatable bonds is 3. The normalized spacial score (nSPS) is 38.7. The molecule has 0 amide bonds. The topological polar surface area (TPSA) is 38.7 Å². The number of hydrogen-bond acceptors (Lipinski definition) is 3. The van der Waals surface area contributed by atoms with Gasteiger partial charge in [-0.05, 0) is 24.1 Å². The minimum Gasteiger partial charge on any atom is -0.508 e. The average Bonchev–Trinajstić information content (AvgIpc) is 2.82. The van der Waals surface area contributed by atoms with Gasteiger partial charge in [-0.25, -0.2) is 0 Å². The Morgan fingerprint density at radius 2 is 1.90 bits per heavy atom. The first-order valence-electron chi connectivity index (χ1n) is 7.68. The fraction of sp³-hybridized carbons (Fsp3) is 0.556. The van der Waals surface area contributed by atoms with E-state index in [1.807, 2.05) is 18.2 Å². The Balaban J connectivity index is 2.00. The van der Waals surface area contributed by atoms with Crippen molar-refractivity contribution in [2.45, 2.75) is 51.6 Å². The van der Waals surface area contributed by atoms with E-state index in [0.29, 0.717) is 5.92 Å². The molecule has 3 nitrogen and oxygen atoms in total. The second-order valence-electron chi connectivity index (χ2n) is 6.84. The van der Waals surface area contributed by atoms with Crippen molar-refractivity contribution in [3.05, 3.63) is 42.5 Å². The number of hydrogen-bond donors (Lipinski definition) is 1. The quantitative estimate of drug-likeness (QED) is 0.848. The molecule has 2 fully saturated rings. The molecule has 4 unspecified atom stereocenters. The zero-order chi connectivity index (χ0) is 15.3. The number of fused-ring (bicyclic) bond motifs is 2. The predicted octanol–water partition coefficient (Wildman–Crippen LogP) is 4.19. The van der Waals surface area contributed by atoms with Gasteiger partial charge in [0.05, 0.1) is 0 Å². The second kappa shape index (κ2) is 4.85. The molecule has 21 heavy (non-hydrogen) atoms. The Kier molecular flexibility index (Phi) is 3.38. The predicted molar refractivity (Wildman–Crippen MR) is 81.9 cm³/mol. The molecule has 2 aliphatic heterocycles. The van der Waals surface area contributed by atoms with Crippen LogP contribution in [0.2, 0.25) is 0 Å². The second-order valence-corrected chi connectivity index (χ2v) is 6.84. The summed E-state index contributed by atoms with van der Waals surface area (Å²) in [5, 5.41) is 9.49. The van der Waals surface area contributed by atoms with Gasteiger partial charge in [0, 0.05) is 17.8 Å². The summed E-state index contributed by atoms with van der Waals surface area (Å²) in [5.74, 6) is 0.0811. The van der Waals surface area contributed by atoms with Gasteiger partial charge in [0.1, 0.15) is 18.0 Å². The van der Waals surface area contributed by atoms with Crippen LogP contribution in [0.25, 0.3) is 0 Å². The van der Waals surface area contributed by atoms with Crippen LogP contribution in [0.5, 0.6) is 5.75 Å².